The average molecular weight is 183 g/mol. The fourth-order valence-corrected chi connectivity index (χ4v) is 2.29. The maximum atomic E-state index is 8.96. The van der Waals surface area contributed by atoms with Crippen LogP contribution in [0.4, 0.5) is 0 Å². The Balaban J connectivity index is 2.96. The van der Waals surface area contributed by atoms with Crippen LogP contribution in [0.3, 0.4) is 0 Å². The van der Waals surface area contributed by atoms with Crippen molar-refractivity contribution in [1.29, 1.82) is 0 Å². The van der Waals surface area contributed by atoms with Gasteiger partial charge in [-0.25, -0.2) is 0 Å². The molecule has 1 atom stereocenters. The summed E-state index contributed by atoms with van der Waals surface area (Å²) in [5, 5.41) is 12.4. The highest BCUT2D eigenvalue weighted by atomic mass is 16.4. The Bertz CT molecular complexity index is 228. The summed E-state index contributed by atoms with van der Waals surface area (Å²) in [6, 6.07) is 0. The van der Waals surface area contributed by atoms with E-state index in [-0.39, 0.29) is 10.8 Å². The summed E-state index contributed by atoms with van der Waals surface area (Å²) in [7, 11) is 0. The Kier molecular flexibility index (Phi) is 2.44. The van der Waals surface area contributed by atoms with E-state index in [0.717, 1.165) is 12.1 Å². The molecule has 1 aliphatic carbocycles. The Morgan fingerprint density at radius 2 is 1.85 bits per heavy atom. The Morgan fingerprint density at radius 3 is 2.31 bits per heavy atom. The minimum Gasteiger partial charge on any atom is -0.411 e. The molecule has 0 saturated heterocycles. The van der Waals surface area contributed by atoms with Gasteiger partial charge in [0.15, 0.2) is 0 Å². The second kappa shape index (κ2) is 3.00. The molecule has 1 aliphatic rings. The van der Waals surface area contributed by atoms with E-state index < -0.39 is 0 Å². The smallest absolute Gasteiger partial charge is 0.0634 e. The molecule has 1 fully saturated rings. The van der Waals surface area contributed by atoms with Gasteiger partial charge in [0.25, 0.3) is 0 Å². The van der Waals surface area contributed by atoms with Crippen LogP contribution >= 0.6 is 0 Å². The van der Waals surface area contributed by atoms with E-state index >= 15 is 0 Å². The van der Waals surface area contributed by atoms with Gasteiger partial charge in [0.2, 0.25) is 0 Å². The first kappa shape index (κ1) is 10.6. The van der Waals surface area contributed by atoms with Crippen molar-refractivity contribution in [3.8, 4) is 0 Å². The summed E-state index contributed by atoms with van der Waals surface area (Å²) in [6.45, 7) is 11.1. The van der Waals surface area contributed by atoms with E-state index in [0.29, 0.717) is 5.92 Å². The van der Waals surface area contributed by atoms with Crippen molar-refractivity contribution in [2.45, 2.75) is 47.5 Å². The first-order valence-corrected chi connectivity index (χ1v) is 5.01. The third-order valence-electron chi connectivity index (χ3n) is 3.60. The summed E-state index contributed by atoms with van der Waals surface area (Å²) in [4.78, 5) is 0. The van der Waals surface area contributed by atoms with Crippen LogP contribution in [0.1, 0.15) is 47.5 Å². The SMILES string of the molecule is CC1CC(C)(C)C/C(=N\O)C1(C)C. The highest BCUT2D eigenvalue weighted by Crippen LogP contribution is 2.46. The van der Waals surface area contributed by atoms with Crippen molar-refractivity contribution in [3.05, 3.63) is 0 Å². The van der Waals surface area contributed by atoms with Crippen molar-refractivity contribution in [2.24, 2.45) is 21.9 Å². The predicted octanol–water partition coefficient (Wildman–Crippen LogP) is 3.30. The normalized spacial score (nSPS) is 34.8. The molecular formula is C11H21NO. The fourth-order valence-electron chi connectivity index (χ4n) is 2.29. The van der Waals surface area contributed by atoms with Gasteiger partial charge in [-0.1, -0.05) is 39.8 Å². The molecule has 13 heavy (non-hydrogen) atoms. The maximum Gasteiger partial charge on any atom is 0.0634 e. The fraction of sp³-hybridized carbons (Fsp3) is 0.909. The van der Waals surface area contributed by atoms with E-state index in [9.17, 15) is 0 Å². The van der Waals surface area contributed by atoms with Crippen LogP contribution in [0.2, 0.25) is 0 Å². The molecular weight excluding hydrogens is 162 g/mol. The average Bonchev–Trinajstić information content (AvgIpc) is 1.97. The van der Waals surface area contributed by atoms with Crippen LogP contribution in [-0.4, -0.2) is 10.9 Å². The van der Waals surface area contributed by atoms with Gasteiger partial charge in [-0.3, -0.25) is 0 Å². The van der Waals surface area contributed by atoms with Gasteiger partial charge in [0.05, 0.1) is 5.71 Å². The van der Waals surface area contributed by atoms with Crippen LogP contribution in [-0.2, 0) is 0 Å². The van der Waals surface area contributed by atoms with Crippen molar-refractivity contribution >= 4 is 5.71 Å². The molecule has 2 nitrogen and oxygen atoms in total. The van der Waals surface area contributed by atoms with Gasteiger partial charge in [0.1, 0.15) is 0 Å². The van der Waals surface area contributed by atoms with Crippen molar-refractivity contribution < 1.29 is 5.21 Å². The monoisotopic (exact) mass is 183 g/mol. The second-order valence-corrected chi connectivity index (χ2v) is 5.71. The van der Waals surface area contributed by atoms with Crippen LogP contribution in [0, 0.1) is 16.7 Å². The zero-order valence-corrected chi connectivity index (χ0v) is 9.39. The molecule has 0 aliphatic heterocycles. The third-order valence-corrected chi connectivity index (χ3v) is 3.60. The third kappa shape index (κ3) is 1.87. The van der Waals surface area contributed by atoms with Gasteiger partial charge < -0.3 is 5.21 Å². The summed E-state index contributed by atoms with van der Waals surface area (Å²) in [5.74, 6) is 0.585. The first-order valence-electron chi connectivity index (χ1n) is 5.01. The van der Waals surface area contributed by atoms with Crippen molar-refractivity contribution in [3.63, 3.8) is 0 Å². The minimum absolute atomic E-state index is 0.0598. The standard InChI is InChI=1S/C11H21NO/c1-8-6-10(2,3)7-9(12-13)11(8,4)5/h8,13H,6-7H2,1-5H3/b12-9+. The molecule has 0 spiro atoms. The zero-order valence-electron chi connectivity index (χ0n) is 9.39. The zero-order chi connectivity index (χ0) is 10.3. The molecule has 0 amide bonds. The molecule has 1 saturated carbocycles. The molecule has 0 heterocycles. The molecule has 0 aromatic rings. The lowest BCUT2D eigenvalue weighted by molar-refractivity contribution is 0.163. The van der Waals surface area contributed by atoms with E-state index in [2.05, 4.69) is 39.8 Å². The first-order chi connectivity index (χ1) is 5.79. The quantitative estimate of drug-likeness (QED) is 0.453. The molecule has 1 N–H and O–H groups in total. The number of hydrogen-bond donors (Lipinski definition) is 1. The summed E-state index contributed by atoms with van der Waals surface area (Å²) < 4.78 is 0. The van der Waals surface area contributed by atoms with E-state index in [1.807, 2.05) is 0 Å². The highest BCUT2D eigenvalue weighted by molar-refractivity contribution is 5.90. The molecule has 1 unspecified atom stereocenters. The van der Waals surface area contributed by atoms with Crippen molar-refractivity contribution in [1.82, 2.24) is 0 Å². The van der Waals surface area contributed by atoms with Crippen LogP contribution in [0.25, 0.3) is 0 Å². The number of nitrogens with zero attached hydrogens (tertiary/aromatic N) is 1. The van der Waals surface area contributed by atoms with Crippen molar-refractivity contribution in [2.75, 3.05) is 0 Å². The summed E-state index contributed by atoms with van der Waals surface area (Å²) >= 11 is 0. The molecule has 2 heteroatoms. The number of oxime groups is 1. The molecule has 0 radical (unpaired) electrons. The molecule has 76 valence electrons. The lowest BCUT2D eigenvalue weighted by Crippen LogP contribution is -2.42. The molecule has 0 aromatic heterocycles. The number of rotatable bonds is 0. The van der Waals surface area contributed by atoms with Gasteiger partial charge in [-0.2, -0.15) is 0 Å². The van der Waals surface area contributed by atoms with Gasteiger partial charge in [-0.05, 0) is 24.2 Å². The molecule has 0 aromatic carbocycles. The van der Waals surface area contributed by atoms with E-state index in [1.54, 1.807) is 0 Å². The Morgan fingerprint density at radius 1 is 1.31 bits per heavy atom. The molecule has 0 bridgehead atoms. The molecule has 1 rings (SSSR count). The van der Waals surface area contributed by atoms with E-state index in [4.69, 9.17) is 5.21 Å². The van der Waals surface area contributed by atoms with Crippen LogP contribution < -0.4 is 0 Å². The van der Waals surface area contributed by atoms with Gasteiger partial charge in [-0.15, -0.1) is 0 Å². The maximum absolute atomic E-state index is 8.96. The Labute approximate surface area is 81.0 Å². The summed E-state index contributed by atoms with van der Waals surface area (Å²) in [5.41, 5.74) is 1.30. The highest BCUT2D eigenvalue weighted by Gasteiger charge is 2.42. The Hall–Kier alpha value is -0.530. The number of hydrogen-bond acceptors (Lipinski definition) is 2. The lowest BCUT2D eigenvalue weighted by Gasteiger charge is -2.44. The van der Waals surface area contributed by atoms with Gasteiger partial charge >= 0.3 is 0 Å². The topological polar surface area (TPSA) is 32.6 Å². The van der Waals surface area contributed by atoms with Gasteiger partial charge in [0, 0.05) is 5.41 Å². The van der Waals surface area contributed by atoms with Crippen LogP contribution in [0.15, 0.2) is 5.16 Å². The minimum atomic E-state index is 0.0598. The second-order valence-electron chi connectivity index (χ2n) is 5.71. The largest absolute Gasteiger partial charge is 0.411 e. The predicted molar refractivity (Wildman–Crippen MR) is 55.2 cm³/mol. The van der Waals surface area contributed by atoms with E-state index in [1.165, 1.54) is 6.42 Å². The lowest BCUT2D eigenvalue weighted by atomic mass is 9.60. The van der Waals surface area contributed by atoms with Crippen LogP contribution in [0.5, 0.6) is 0 Å². The summed E-state index contributed by atoms with van der Waals surface area (Å²) in [6.07, 6.45) is 2.12.